The van der Waals surface area contributed by atoms with Crippen LogP contribution in [0.2, 0.25) is 0 Å². The predicted molar refractivity (Wildman–Crippen MR) is 106 cm³/mol. The van der Waals surface area contributed by atoms with Crippen molar-refractivity contribution in [2.45, 2.75) is 18.7 Å². The smallest absolute Gasteiger partial charge is 0.339 e. The minimum Gasteiger partial charge on any atom is -0.506 e. The van der Waals surface area contributed by atoms with Gasteiger partial charge in [0.1, 0.15) is 16.4 Å². The van der Waals surface area contributed by atoms with E-state index in [2.05, 4.69) is 5.32 Å². The summed E-state index contributed by atoms with van der Waals surface area (Å²) in [6.45, 7) is 3.50. The number of amides is 1. The van der Waals surface area contributed by atoms with Crippen LogP contribution in [0.5, 0.6) is 11.5 Å². The molecule has 0 aliphatic heterocycles. The fourth-order valence-corrected chi connectivity index (χ4v) is 3.83. The standard InChI is InChI=1S/C21H19NO5S/c1-14-7-8-15(2)20(13-14)28(25,26)27-17-11-9-16(10-12-17)21(24)22-18-5-3-4-6-19(18)23/h3-13,23H,1-2H3,(H,22,24). The molecule has 0 atom stereocenters. The molecule has 3 aromatic carbocycles. The van der Waals surface area contributed by atoms with Crippen LogP contribution in [0.1, 0.15) is 21.5 Å². The number of phenols is 1. The zero-order valence-electron chi connectivity index (χ0n) is 15.3. The molecule has 0 saturated heterocycles. The molecule has 0 aliphatic carbocycles. The summed E-state index contributed by atoms with van der Waals surface area (Å²) < 4.78 is 30.3. The summed E-state index contributed by atoms with van der Waals surface area (Å²) in [6, 6.07) is 17.2. The van der Waals surface area contributed by atoms with Crippen molar-refractivity contribution in [3.05, 3.63) is 83.4 Å². The van der Waals surface area contributed by atoms with Crippen molar-refractivity contribution in [2.75, 3.05) is 5.32 Å². The van der Waals surface area contributed by atoms with Gasteiger partial charge in [-0.15, -0.1) is 0 Å². The Morgan fingerprint density at radius 3 is 2.32 bits per heavy atom. The van der Waals surface area contributed by atoms with Crippen LogP contribution in [-0.2, 0) is 10.1 Å². The van der Waals surface area contributed by atoms with Gasteiger partial charge in [-0.05, 0) is 67.4 Å². The second-order valence-electron chi connectivity index (χ2n) is 6.30. The highest BCUT2D eigenvalue weighted by Gasteiger charge is 2.20. The zero-order valence-corrected chi connectivity index (χ0v) is 16.2. The first-order chi connectivity index (χ1) is 13.3. The molecule has 3 aromatic rings. The molecule has 6 nitrogen and oxygen atoms in total. The maximum absolute atomic E-state index is 12.5. The first kappa shape index (κ1) is 19.4. The number of aromatic hydroxyl groups is 1. The van der Waals surface area contributed by atoms with Crippen LogP contribution in [0.3, 0.4) is 0 Å². The molecule has 0 radical (unpaired) electrons. The highest BCUT2D eigenvalue weighted by Crippen LogP contribution is 2.24. The van der Waals surface area contributed by atoms with Crippen molar-refractivity contribution in [1.29, 1.82) is 0 Å². The van der Waals surface area contributed by atoms with Crippen LogP contribution in [0.25, 0.3) is 0 Å². The van der Waals surface area contributed by atoms with Crippen LogP contribution >= 0.6 is 0 Å². The van der Waals surface area contributed by atoms with E-state index in [-0.39, 0.29) is 22.1 Å². The summed E-state index contributed by atoms with van der Waals surface area (Å²) in [5, 5.41) is 12.3. The summed E-state index contributed by atoms with van der Waals surface area (Å²) >= 11 is 0. The third-order valence-corrected chi connectivity index (χ3v) is 5.48. The Morgan fingerprint density at radius 2 is 1.64 bits per heavy atom. The Morgan fingerprint density at radius 1 is 0.964 bits per heavy atom. The van der Waals surface area contributed by atoms with Crippen LogP contribution in [0.4, 0.5) is 5.69 Å². The number of anilines is 1. The first-order valence-electron chi connectivity index (χ1n) is 8.47. The average molecular weight is 397 g/mol. The minimum atomic E-state index is -3.99. The highest BCUT2D eigenvalue weighted by molar-refractivity contribution is 7.87. The third-order valence-electron chi connectivity index (χ3n) is 4.09. The Kier molecular flexibility index (Phi) is 5.37. The molecule has 7 heteroatoms. The van der Waals surface area contributed by atoms with Gasteiger partial charge in [0.25, 0.3) is 5.91 Å². The van der Waals surface area contributed by atoms with Gasteiger partial charge in [-0.2, -0.15) is 8.42 Å². The van der Waals surface area contributed by atoms with Crippen LogP contribution in [-0.4, -0.2) is 19.4 Å². The Hall–Kier alpha value is -3.32. The average Bonchev–Trinajstić information content (AvgIpc) is 2.65. The van der Waals surface area contributed by atoms with E-state index in [4.69, 9.17) is 4.18 Å². The van der Waals surface area contributed by atoms with Gasteiger partial charge in [-0.1, -0.05) is 24.3 Å². The van der Waals surface area contributed by atoms with Gasteiger partial charge in [0.15, 0.2) is 0 Å². The third kappa shape index (κ3) is 4.32. The molecule has 0 heterocycles. The quantitative estimate of drug-likeness (QED) is 0.501. The monoisotopic (exact) mass is 397 g/mol. The van der Waals surface area contributed by atoms with Crippen molar-refractivity contribution >= 4 is 21.7 Å². The number of carbonyl (C=O) groups excluding carboxylic acids is 1. The second kappa shape index (κ2) is 7.74. The lowest BCUT2D eigenvalue weighted by Crippen LogP contribution is -2.13. The molecule has 1 amide bonds. The topological polar surface area (TPSA) is 92.7 Å². The van der Waals surface area contributed by atoms with E-state index < -0.39 is 16.0 Å². The van der Waals surface area contributed by atoms with Gasteiger partial charge < -0.3 is 14.6 Å². The molecule has 0 aromatic heterocycles. The van der Waals surface area contributed by atoms with Gasteiger partial charge in [0, 0.05) is 5.56 Å². The number of para-hydroxylation sites is 2. The number of carbonyl (C=O) groups is 1. The normalized spacial score (nSPS) is 11.1. The fraction of sp³-hybridized carbons (Fsp3) is 0.0952. The number of rotatable bonds is 5. The van der Waals surface area contributed by atoms with E-state index in [0.29, 0.717) is 11.1 Å². The molecular weight excluding hydrogens is 378 g/mol. The molecule has 28 heavy (non-hydrogen) atoms. The summed E-state index contributed by atoms with van der Waals surface area (Å²) in [5.74, 6) is -0.388. The number of benzene rings is 3. The van der Waals surface area contributed by atoms with Crippen molar-refractivity contribution < 1.29 is 22.5 Å². The van der Waals surface area contributed by atoms with E-state index in [9.17, 15) is 18.3 Å². The summed E-state index contributed by atoms with van der Waals surface area (Å²) in [6.07, 6.45) is 0. The molecular formula is C21H19NO5S. The minimum absolute atomic E-state index is 0.0459. The maximum atomic E-state index is 12.5. The molecule has 0 spiro atoms. The fourth-order valence-electron chi connectivity index (χ4n) is 2.58. The van der Waals surface area contributed by atoms with Gasteiger partial charge in [-0.3, -0.25) is 4.79 Å². The second-order valence-corrected chi connectivity index (χ2v) is 7.82. The number of aryl methyl sites for hydroxylation is 2. The predicted octanol–water partition coefficient (Wildman–Crippen LogP) is 4.03. The lowest BCUT2D eigenvalue weighted by molar-refractivity contribution is 0.102. The van der Waals surface area contributed by atoms with Gasteiger partial charge in [-0.25, -0.2) is 0 Å². The number of phenolic OH excluding ortho intramolecular Hbond substituents is 1. The van der Waals surface area contributed by atoms with Crippen LogP contribution < -0.4 is 9.50 Å². The van der Waals surface area contributed by atoms with E-state index in [1.165, 1.54) is 30.3 Å². The Labute approximate surface area is 163 Å². The number of hydrogen-bond donors (Lipinski definition) is 2. The molecule has 0 saturated carbocycles. The zero-order chi connectivity index (χ0) is 20.3. The molecule has 2 N–H and O–H groups in total. The highest BCUT2D eigenvalue weighted by atomic mass is 32.2. The molecule has 144 valence electrons. The van der Waals surface area contributed by atoms with Crippen molar-refractivity contribution in [2.24, 2.45) is 0 Å². The maximum Gasteiger partial charge on any atom is 0.339 e. The van der Waals surface area contributed by atoms with Crippen LogP contribution in [0.15, 0.2) is 71.6 Å². The van der Waals surface area contributed by atoms with E-state index >= 15 is 0 Å². The largest absolute Gasteiger partial charge is 0.506 e. The van der Waals surface area contributed by atoms with E-state index in [0.717, 1.165) is 5.56 Å². The number of nitrogens with one attached hydrogen (secondary N) is 1. The number of hydrogen-bond acceptors (Lipinski definition) is 5. The van der Waals surface area contributed by atoms with Gasteiger partial charge >= 0.3 is 10.1 Å². The van der Waals surface area contributed by atoms with E-state index in [1.54, 1.807) is 44.2 Å². The van der Waals surface area contributed by atoms with Crippen molar-refractivity contribution in [3.8, 4) is 11.5 Å². The molecule has 0 fully saturated rings. The lowest BCUT2D eigenvalue weighted by Gasteiger charge is -2.11. The molecule has 0 unspecified atom stereocenters. The summed E-state index contributed by atoms with van der Waals surface area (Å²) in [5.41, 5.74) is 1.97. The Balaban J connectivity index is 1.76. The SMILES string of the molecule is Cc1ccc(C)c(S(=O)(=O)Oc2ccc(C(=O)Nc3ccccc3O)cc2)c1. The van der Waals surface area contributed by atoms with Gasteiger partial charge in [0.05, 0.1) is 5.69 Å². The van der Waals surface area contributed by atoms with Crippen molar-refractivity contribution in [1.82, 2.24) is 0 Å². The van der Waals surface area contributed by atoms with Crippen LogP contribution in [0, 0.1) is 13.8 Å². The van der Waals surface area contributed by atoms with E-state index in [1.807, 2.05) is 6.07 Å². The van der Waals surface area contributed by atoms with Crippen molar-refractivity contribution in [3.63, 3.8) is 0 Å². The molecule has 0 aliphatic rings. The van der Waals surface area contributed by atoms with Gasteiger partial charge in [0.2, 0.25) is 0 Å². The summed E-state index contributed by atoms with van der Waals surface area (Å²) in [4.78, 5) is 12.4. The lowest BCUT2D eigenvalue weighted by atomic mass is 10.2. The summed E-state index contributed by atoms with van der Waals surface area (Å²) in [7, 11) is -3.99. The first-order valence-corrected chi connectivity index (χ1v) is 9.88. The molecule has 0 bridgehead atoms. The molecule has 3 rings (SSSR count). The Bertz CT molecular complexity index is 1120.